The molecule has 0 aliphatic heterocycles. The van der Waals surface area contributed by atoms with Gasteiger partial charge in [-0.3, -0.25) is 0 Å². The maximum atomic E-state index is 12.2. The molecule has 3 aromatic heterocycles. The molecule has 0 aliphatic carbocycles. The Morgan fingerprint density at radius 2 is 0.840 bits per heavy atom. The third-order valence-corrected chi connectivity index (χ3v) is 7.91. The lowest BCUT2D eigenvalue weighted by Crippen LogP contribution is -2.20. The van der Waals surface area contributed by atoms with Gasteiger partial charge in [-0.25, -0.2) is 14.6 Å². The normalized spacial score (nSPS) is 10.3. The first-order chi connectivity index (χ1) is 33.9. The van der Waals surface area contributed by atoms with E-state index >= 15 is 0 Å². The summed E-state index contributed by atoms with van der Waals surface area (Å²) in [6.07, 6.45) is -13.2. The van der Waals surface area contributed by atoms with Crippen molar-refractivity contribution in [2.75, 3.05) is 39.8 Å². The number of aliphatic hydroxyl groups excluding tert-OH is 1. The zero-order valence-corrected chi connectivity index (χ0v) is 41.2. The largest absolute Gasteiger partial charge is 0.508 e. The van der Waals surface area contributed by atoms with Gasteiger partial charge in [-0.1, -0.05) is 39.1 Å². The van der Waals surface area contributed by atoms with E-state index in [1.165, 1.54) is 14.2 Å². The average molecular weight is 1200 g/mol. The number of nitrogen functional groups attached to an aromatic ring is 1. The standard InChI is InChI=1S/C14H11ClF3N3O3.C8H9NO2.C7H9NO.C5H2Cl2F3N3O.C3Cl3N3.C2H3F3O.2CH4/c1-23-11(22)9-4-2-8(3-5-9)6-10-19-12(15)21-13(20-10)24-7-14(16,17)18;1-11-8(10)6-2-4-7(9)5-3-6;8-5-6-1-3-7(9)4-2-6;6-2-11-3(7)13-4(12-2)14-1-5(8,9)10;4-1-7-2(5)9-3(6)8-1;3-2(4,5)1-6;;/h2-5H,6-7H2,1H3;2-5H,9H2,1H3;1-4,9H,5,8H2;1H2;;6H,1H2;2*1H4. The molecule has 6 N–H and O–H groups in total. The summed E-state index contributed by atoms with van der Waals surface area (Å²) >= 11 is 32.2. The highest BCUT2D eigenvalue weighted by Crippen LogP contribution is 2.20. The number of esters is 2. The molecule has 6 aromatic rings. The number of aromatic hydroxyl groups is 1. The van der Waals surface area contributed by atoms with Gasteiger partial charge in [-0.15, -0.1) is 0 Å². The number of aliphatic hydroxyl groups is 1. The van der Waals surface area contributed by atoms with Crippen molar-refractivity contribution in [1.29, 1.82) is 0 Å². The molecule has 75 heavy (non-hydrogen) atoms. The van der Waals surface area contributed by atoms with E-state index < -0.39 is 56.3 Å². The predicted molar refractivity (Wildman–Crippen MR) is 258 cm³/mol. The molecule has 0 spiro atoms. The quantitative estimate of drug-likeness (QED) is 0.0595. The maximum Gasteiger partial charge on any atom is 0.422 e. The summed E-state index contributed by atoms with van der Waals surface area (Å²) in [5.41, 5.74) is 14.0. The van der Waals surface area contributed by atoms with E-state index in [4.69, 9.17) is 91.3 Å². The van der Waals surface area contributed by atoms with Crippen molar-refractivity contribution in [3.8, 4) is 17.8 Å². The molecule has 34 heteroatoms. The number of alkyl halides is 9. The number of nitrogens with two attached hydrogens (primary N) is 2. The molecule has 0 saturated heterocycles. The second kappa shape index (κ2) is 35.2. The summed E-state index contributed by atoms with van der Waals surface area (Å²) < 4.78 is 121. The van der Waals surface area contributed by atoms with Crippen LogP contribution in [0.25, 0.3) is 0 Å². The maximum absolute atomic E-state index is 12.2. The van der Waals surface area contributed by atoms with Crippen molar-refractivity contribution >= 4 is 87.2 Å². The molecule has 414 valence electrons. The van der Waals surface area contributed by atoms with Crippen LogP contribution >= 0.6 is 69.6 Å². The summed E-state index contributed by atoms with van der Waals surface area (Å²) in [6.45, 7) is -4.24. The number of anilines is 1. The second-order valence-electron chi connectivity index (χ2n) is 12.5. The number of phenols is 1. The van der Waals surface area contributed by atoms with Gasteiger partial charge < -0.3 is 40.6 Å². The molecule has 0 fully saturated rings. The van der Waals surface area contributed by atoms with E-state index in [9.17, 15) is 49.1 Å². The lowest BCUT2D eigenvalue weighted by molar-refractivity contribution is -0.159. The molecule has 19 nitrogen and oxygen atoms in total. The fourth-order valence-electron chi connectivity index (χ4n) is 3.91. The first kappa shape index (κ1) is 70.9. The van der Waals surface area contributed by atoms with Crippen LogP contribution < -0.4 is 20.9 Å². The van der Waals surface area contributed by atoms with Gasteiger partial charge in [0, 0.05) is 18.7 Å². The smallest absolute Gasteiger partial charge is 0.422 e. The van der Waals surface area contributed by atoms with Gasteiger partial charge in [-0.2, -0.15) is 79.4 Å². The zero-order valence-electron chi connectivity index (χ0n) is 36.7. The lowest BCUT2D eigenvalue weighted by atomic mass is 10.1. The number of ether oxygens (including phenoxy) is 4. The third-order valence-electron chi connectivity index (χ3n) is 6.90. The molecule has 0 atom stereocenters. The van der Waals surface area contributed by atoms with E-state index in [0.717, 1.165) is 5.56 Å². The number of rotatable bonds is 9. The Hall–Kier alpha value is -6.14. The van der Waals surface area contributed by atoms with Crippen molar-refractivity contribution in [3.05, 3.63) is 133 Å². The molecular formula is C41H42Cl6F9N11O8. The van der Waals surface area contributed by atoms with Gasteiger partial charge >= 0.3 is 42.5 Å². The van der Waals surface area contributed by atoms with Crippen LogP contribution in [0.2, 0.25) is 31.7 Å². The molecule has 3 aromatic carbocycles. The van der Waals surface area contributed by atoms with Gasteiger partial charge in [0.05, 0.1) is 25.3 Å². The molecule has 0 unspecified atom stereocenters. The summed E-state index contributed by atoms with van der Waals surface area (Å²) in [7, 11) is 2.62. The number of halogens is 15. The number of benzene rings is 3. The van der Waals surface area contributed by atoms with Crippen LogP contribution in [0.5, 0.6) is 17.8 Å². The van der Waals surface area contributed by atoms with Gasteiger partial charge in [0.15, 0.2) is 13.2 Å². The predicted octanol–water partition coefficient (Wildman–Crippen LogP) is 10.5. The fourth-order valence-corrected chi connectivity index (χ4v) is 5.04. The van der Waals surface area contributed by atoms with Gasteiger partial charge in [-0.05, 0) is 129 Å². The summed E-state index contributed by atoms with van der Waals surface area (Å²) in [5.74, 6) is -0.400. The van der Waals surface area contributed by atoms with E-state index in [1.807, 2.05) is 0 Å². The first-order valence-electron chi connectivity index (χ1n) is 18.8. The Morgan fingerprint density at radius 1 is 0.520 bits per heavy atom. The first-order valence-corrected chi connectivity index (χ1v) is 21.1. The number of carbonyl (C=O) groups is 2. The highest BCUT2D eigenvalue weighted by atomic mass is 35.5. The molecule has 0 amide bonds. The number of aromatic nitrogens is 9. The average Bonchev–Trinajstić information content (AvgIpc) is 3.30. The highest BCUT2D eigenvalue weighted by Gasteiger charge is 2.30. The number of nitrogens with zero attached hydrogens (tertiary/aromatic N) is 9. The number of phenolic OH excluding ortho intramolecular Hbond substituents is 1. The van der Waals surface area contributed by atoms with E-state index in [2.05, 4.69) is 63.8 Å². The van der Waals surface area contributed by atoms with Crippen LogP contribution in [0.3, 0.4) is 0 Å². The molecule has 6 rings (SSSR count). The Morgan fingerprint density at radius 3 is 1.17 bits per heavy atom. The monoisotopic (exact) mass is 1200 g/mol. The number of hydrogen-bond acceptors (Lipinski definition) is 19. The lowest BCUT2D eigenvalue weighted by Gasteiger charge is -2.08. The third kappa shape index (κ3) is 34.1. The molecule has 0 saturated carbocycles. The molecule has 0 radical (unpaired) electrons. The van der Waals surface area contributed by atoms with Gasteiger partial charge in [0.1, 0.15) is 18.2 Å². The molecule has 0 bridgehead atoms. The summed E-state index contributed by atoms with van der Waals surface area (Å²) in [6, 6.07) is 18.7. The van der Waals surface area contributed by atoms with E-state index in [-0.39, 0.29) is 70.5 Å². The number of hydrogen-bond donors (Lipinski definition) is 4. The van der Waals surface area contributed by atoms with Crippen molar-refractivity contribution in [1.82, 2.24) is 44.9 Å². The molecule has 3 heterocycles. The Balaban J connectivity index is 0. The topological polar surface area (TPSA) is 280 Å². The number of carbonyl (C=O) groups excluding carboxylic acids is 2. The van der Waals surface area contributed by atoms with Crippen molar-refractivity contribution in [2.45, 2.75) is 46.3 Å². The Kier molecular flexibility index (Phi) is 33.3. The minimum atomic E-state index is -4.51. The van der Waals surface area contributed by atoms with Crippen molar-refractivity contribution < 1.29 is 78.3 Å². The van der Waals surface area contributed by atoms with Crippen LogP contribution in [0.4, 0.5) is 45.2 Å². The minimum absolute atomic E-state index is 0. The Bertz CT molecular complexity index is 2550. The van der Waals surface area contributed by atoms with Crippen molar-refractivity contribution in [2.24, 2.45) is 5.73 Å². The minimum Gasteiger partial charge on any atom is -0.508 e. The van der Waals surface area contributed by atoms with Crippen LogP contribution in [0.15, 0.2) is 72.8 Å². The van der Waals surface area contributed by atoms with E-state index in [1.54, 1.807) is 72.8 Å². The van der Waals surface area contributed by atoms with Crippen molar-refractivity contribution in [3.63, 3.8) is 0 Å². The highest BCUT2D eigenvalue weighted by molar-refractivity contribution is 6.33. The van der Waals surface area contributed by atoms with Crippen LogP contribution in [0, 0.1) is 0 Å². The van der Waals surface area contributed by atoms with E-state index in [0.29, 0.717) is 28.9 Å². The molecular weight excluding hydrogens is 1160 g/mol. The van der Waals surface area contributed by atoms with Gasteiger partial charge in [0.2, 0.25) is 31.7 Å². The van der Waals surface area contributed by atoms with Crippen LogP contribution in [-0.4, -0.2) is 120 Å². The summed E-state index contributed by atoms with van der Waals surface area (Å²) in [4.78, 5) is 53.6. The van der Waals surface area contributed by atoms with Crippen LogP contribution in [-0.2, 0) is 22.4 Å². The second-order valence-corrected chi connectivity index (χ2v) is 14.6. The van der Waals surface area contributed by atoms with Gasteiger partial charge in [0.25, 0.3) is 0 Å². The fraction of sp³-hybridized carbons (Fsp3) is 0.293. The zero-order chi connectivity index (χ0) is 55.5. The Labute approximate surface area is 450 Å². The number of methoxy groups -OCH3 is 2. The van der Waals surface area contributed by atoms with Crippen LogP contribution in [0.1, 0.15) is 52.5 Å². The summed E-state index contributed by atoms with van der Waals surface area (Å²) in [5, 5.41) is 15.2. The SMILES string of the molecule is C.C.COC(=O)c1ccc(Cc2nc(Cl)nc(OCC(F)(F)F)n2)cc1.COC(=O)c1ccc(N)cc1.Clc1nc(Cl)nc(Cl)n1.FC(F)(F)COc1nc(Cl)nc(Cl)n1.NCc1ccc(O)cc1.OCC(F)(F)F. The molecule has 0 aliphatic rings.